The number of carboxylic acids is 1. The highest BCUT2D eigenvalue weighted by Gasteiger charge is 2.38. The third-order valence-corrected chi connectivity index (χ3v) is 1.04. The summed E-state index contributed by atoms with van der Waals surface area (Å²) < 4.78 is 31.7. The van der Waals surface area contributed by atoms with Gasteiger partial charge in [0.25, 0.3) is 5.56 Å². The van der Waals surface area contributed by atoms with Gasteiger partial charge < -0.3 is 10.1 Å². The van der Waals surface area contributed by atoms with E-state index in [2.05, 4.69) is 9.97 Å². The maximum absolute atomic E-state index is 10.6. The van der Waals surface area contributed by atoms with Crippen molar-refractivity contribution in [3.8, 4) is 0 Å². The zero-order valence-electron chi connectivity index (χ0n) is 7.50. The lowest BCUT2D eigenvalue weighted by Crippen LogP contribution is -2.21. The Kier molecular flexibility index (Phi) is 4.49. The summed E-state index contributed by atoms with van der Waals surface area (Å²) >= 11 is 0. The van der Waals surface area contributed by atoms with Crippen LogP contribution >= 0.6 is 0 Å². The molecule has 1 aromatic rings. The number of carbonyl (C=O) groups is 1. The van der Waals surface area contributed by atoms with Crippen molar-refractivity contribution < 1.29 is 23.1 Å². The number of nitrogens with zero attached hydrogens (tertiary/aromatic N) is 1. The quantitative estimate of drug-likeness (QED) is 0.679. The molecule has 0 fully saturated rings. The molecule has 15 heavy (non-hydrogen) atoms. The smallest absolute Gasteiger partial charge is 0.475 e. The van der Waals surface area contributed by atoms with Crippen LogP contribution in [0.1, 0.15) is 5.82 Å². The maximum Gasteiger partial charge on any atom is 0.490 e. The topological polar surface area (TPSA) is 83.0 Å². The number of aromatic amines is 1. The standard InChI is InChI=1S/C5H6N2O.C2HF3O2/c1-4-6-3-2-5(8)7-4;3-2(4,5)1(6)7/h2-3H,1H3,(H,6,7,8);(H,6,7). The van der Waals surface area contributed by atoms with Crippen LogP contribution in [-0.2, 0) is 4.79 Å². The van der Waals surface area contributed by atoms with E-state index < -0.39 is 12.1 Å². The van der Waals surface area contributed by atoms with Gasteiger partial charge >= 0.3 is 12.1 Å². The largest absolute Gasteiger partial charge is 0.490 e. The number of hydrogen-bond acceptors (Lipinski definition) is 3. The van der Waals surface area contributed by atoms with Gasteiger partial charge in [0.15, 0.2) is 0 Å². The number of H-pyrrole nitrogens is 1. The van der Waals surface area contributed by atoms with Gasteiger partial charge in [-0.15, -0.1) is 0 Å². The number of nitrogens with one attached hydrogen (secondary N) is 1. The Balaban J connectivity index is 0.000000265. The zero-order valence-corrected chi connectivity index (χ0v) is 7.50. The van der Waals surface area contributed by atoms with Crippen LogP contribution in [0.2, 0.25) is 0 Å². The van der Waals surface area contributed by atoms with Crippen molar-refractivity contribution >= 4 is 5.97 Å². The lowest BCUT2D eigenvalue weighted by Gasteiger charge is -1.93. The average Bonchev–Trinajstić information content (AvgIpc) is 2.02. The van der Waals surface area contributed by atoms with E-state index in [0.29, 0.717) is 5.82 Å². The maximum atomic E-state index is 10.6. The molecule has 1 aromatic heterocycles. The van der Waals surface area contributed by atoms with Crippen LogP contribution in [-0.4, -0.2) is 27.2 Å². The van der Waals surface area contributed by atoms with Crippen LogP contribution in [0.15, 0.2) is 17.1 Å². The van der Waals surface area contributed by atoms with Gasteiger partial charge in [-0.2, -0.15) is 13.2 Å². The molecule has 5 nitrogen and oxygen atoms in total. The SMILES string of the molecule is Cc1nccc(=O)[nH]1.O=C(O)C(F)(F)F. The van der Waals surface area contributed by atoms with Gasteiger partial charge in [0.1, 0.15) is 5.82 Å². The molecule has 0 unspecified atom stereocenters. The molecular formula is C7H7F3N2O3. The van der Waals surface area contributed by atoms with Gasteiger partial charge in [0.05, 0.1) is 0 Å². The minimum absolute atomic E-state index is 0.0995. The number of aryl methyl sites for hydroxylation is 1. The monoisotopic (exact) mass is 224 g/mol. The Morgan fingerprint density at radius 1 is 1.53 bits per heavy atom. The summed E-state index contributed by atoms with van der Waals surface area (Å²) in [7, 11) is 0. The zero-order chi connectivity index (χ0) is 12.1. The van der Waals surface area contributed by atoms with E-state index in [0.717, 1.165) is 0 Å². The second kappa shape index (κ2) is 5.13. The summed E-state index contributed by atoms with van der Waals surface area (Å²) in [6, 6.07) is 1.38. The fraction of sp³-hybridized carbons (Fsp3) is 0.286. The Morgan fingerprint density at radius 2 is 2.00 bits per heavy atom. The molecule has 1 heterocycles. The fourth-order valence-corrected chi connectivity index (χ4v) is 0.469. The van der Waals surface area contributed by atoms with Gasteiger partial charge in [0, 0.05) is 12.3 Å². The third-order valence-electron chi connectivity index (χ3n) is 1.04. The van der Waals surface area contributed by atoms with Gasteiger partial charge in [-0.25, -0.2) is 9.78 Å². The predicted molar refractivity (Wildman–Crippen MR) is 43.3 cm³/mol. The van der Waals surface area contributed by atoms with Crippen molar-refractivity contribution in [1.29, 1.82) is 0 Å². The normalized spacial score (nSPS) is 10.1. The van der Waals surface area contributed by atoms with E-state index in [1.54, 1.807) is 6.92 Å². The van der Waals surface area contributed by atoms with Crippen molar-refractivity contribution in [1.82, 2.24) is 9.97 Å². The van der Waals surface area contributed by atoms with E-state index in [4.69, 9.17) is 9.90 Å². The van der Waals surface area contributed by atoms with E-state index in [9.17, 15) is 18.0 Å². The van der Waals surface area contributed by atoms with Crippen LogP contribution in [0.3, 0.4) is 0 Å². The number of halogens is 3. The first kappa shape index (κ1) is 13.1. The predicted octanol–water partition coefficient (Wildman–Crippen LogP) is 0.712. The first-order chi connectivity index (χ1) is 6.73. The summed E-state index contributed by atoms with van der Waals surface area (Å²) in [4.78, 5) is 25.6. The van der Waals surface area contributed by atoms with Crippen LogP contribution in [0, 0.1) is 6.92 Å². The number of hydrogen-bond donors (Lipinski definition) is 2. The van der Waals surface area contributed by atoms with Gasteiger partial charge in [-0.1, -0.05) is 0 Å². The van der Waals surface area contributed by atoms with Crippen LogP contribution in [0.25, 0.3) is 0 Å². The Bertz CT molecular complexity index is 386. The molecule has 0 aliphatic heterocycles. The molecule has 2 N–H and O–H groups in total. The van der Waals surface area contributed by atoms with Crippen molar-refractivity contribution in [3.05, 3.63) is 28.4 Å². The number of aliphatic carboxylic acids is 1. The Hall–Kier alpha value is -1.86. The second-order valence-electron chi connectivity index (χ2n) is 2.32. The summed E-state index contributed by atoms with van der Waals surface area (Å²) in [6.45, 7) is 1.74. The van der Waals surface area contributed by atoms with E-state index in [1.165, 1.54) is 12.3 Å². The molecule has 0 aromatic carbocycles. The molecule has 0 atom stereocenters. The van der Waals surface area contributed by atoms with Gasteiger partial charge in [-0.3, -0.25) is 4.79 Å². The highest BCUT2D eigenvalue weighted by Crippen LogP contribution is 2.13. The summed E-state index contributed by atoms with van der Waals surface area (Å²) in [5.41, 5.74) is -0.0995. The number of carboxylic acid groups (broad SMARTS) is 1. The highest BCUT2D eigenvalue weighted by atomic mass is 19.4. The first-order valence-electron chi connectivity index (χ1n) is 3.55. The Labute approximate surface area is 81.6 Å². The lowest BCUT2D eigenvalue weighted by atomic mass is 10.6. The molecule has 0 radical (unpaired) electrons. The molecule has 0 aliphatic rings. The van der Waals surface area contributed by atoms with Crippen molar-refractivity contribution in [2.24, 2.45) is 0 Å². The molecular weight excluding hydrogens is 217 g/mol. The minimum Gasteiger partial charge on any atom is -0.475 e. The van der Waals surface area contributed by atoms with E-state index in [-0.39, 0.29) is 5.56 Å². The number of aromatic nitrogens is 2. The molecule has 1 rings (SSSR count). The van der Waals surface area contributed by atoms with E-state index >= 15 is 0 Å². The van der Waals surface area contributed by atoms with Gasteiger partial charge in [-0.05, 0) is 6.92 Å². The second-order valence-corrected chi connectivity index (χ2v) is 2.32. The average molecular weight is 224 g/mol. The highest BCUT2D eigenvalue weighted by molar-refractivity contribution is 5.73. The summed E-state index contributed by atoms with van der Waals surface area (Å²) in [5, 5.41) is 7.12. The van der Waals surface area contributed by atoms with Crippen LogP contribution in [0.5, 0.6) is 0 Å². The summed E-state index contributed by atoms with van der Waals surface area (Å²) in [5.74, 6) is -2.11. The lowest BCUT2D eigenvalue weighted by molar-refractivity contribution is -0.192. The van der Waals surface area contributed by atoms with Crippen LogP contribution in [0.4, 0.5) is 13.2 Å². The van der Waals surface area contributed by atoms with Crippen LogP contribution < -0.4 is 5.56 Å². The number of alkyl halides is 3. The molecule has 0 bridgehead atoms. The van der Waals surface area contributed by atoms with Gasteiger partial charge in [0.2, 0.25) is 0 Å². The van der Waals surface area contributed by atoms with Crippen molar-refractivity contribution in [2.45, 2.75) is 13.1 Å². The van der Waals surface area contributed by atoms with Crippen molar-refractivity contribution in [2.75, 3.05) is 0 Å². The fourth-order valence-electron chi connectivity index (χ4n) is 0.469. The molecule has 0 spiro atoms. The van der Waals surface area contributed by atoms with Crippen molar-refractivity contribution in [3.63, 3.8) is 0 Å². The number of rotatable bonds is 0. The molecule has 84 valence electrons. The molecule has 0 saturated heterocycles. The minimum atomic E-state index is -5.08. The molecule has 8 heteroatoms. The first-order valence-corrected chi connectivity index (χ1v) is 3.55. The summed E-state index contributed by atoms with van der Waals surface area (Å²) in [6.07, 6.45) is -3.60. The van der Waals surface area contributed by atoms with E-state index in [1.807, 2.05) is 0 Å². The molecule has 0 amide bonds. The molecule has 0 saturated carbocycles. The Morgan fingerprint density at radius 3 is 2.20 bits per heavy atom. The third kappa shape index (κ3) is 6.24. The molecule has 0 aliphatic carbocycles.